The number of rotatable bonds is 7. The topological polar surface area (TPSA) is 87.7 Å². The first-order valence-electron chi connectivity index (χ1n) is 11.2. The van der Waals surface area contributed by atoms with E-state index < -0.39 is 12.1 Å². The molecule has 3 amide bonds. The van der Waals surface area contributed by atoms with Crippen LogP contribution < -0.4 is 15.5 Å². The highest BCUT2D eigenvalue weighted by atomic mass is 16.5. The standard InChI is InChI=1S/C27H27N3O4/c1-19(31)30-15-14-22-17-23(12-13-25(22)30)28-26(32)24(16-20-8-4-2-5-9-20)29-27(33)34-18-21-10-6-3-7-11-21/h2-13,17,24H,14-16,18H2,1H3,(H,28,32)(H,29,33). The minimum Gasteiger partial charge on any atom is -0.445 e. The van der Waals surface area contributed by atoms with E-state index in [-0.39, 0.29) is 18.4 Å². The van der Waals surface area contributed by atoms with Crippen LogP contribution in [0.5, 0.6) is 0 Å². The number of hydrogen-bond acceptors (Lipinski definition) is 4. The van der Waals surface area contributed by atoms with Crippen molar-refractivity contribution in [2.75, 3.05) is 16.8 Å². The zero-order valence-corrected chi connectivity index (χ0v) is 19.0. The molecule has 34 heavy (non-hydrogen) atoms. The molecule has 1 unspecified atom stereocenters. The molecule has 0 aliphatic carbocycles. The fraction of sp³-hybridized carbons (Fsp3) is 0.222. The normalized spacial score (nSPS) is 13.0. The Morgan fingerprint density at radius 1 is 0.941 bits per heavy atom. The van der Waals surface area contributed by atoms with Gasteiger partial charge in [0.2, 0.25) is 11.8 Å². The van der Waals surface area contributed by atoms with Crippen LogP contribution in [0.15, 0.2) is 78.9 Å². The Morgan fingerprint density at radius 2 is 1.62 bits per heavy atom. The number of amides is 3. The number of carbonyl (C=O) groups excluding carboxylic acids is 3. The van der Waals surface area contributed by atoms with Crippen LogP contribution in [-0.4, -0.2) is 30.5 Å². The molecule has 2 N–H and O–H groups in total. The van der Waals surface area contributed by atoms with Crippen molar-refractivity contribution >= 4 is 29.3 Å². The summed E-state index contributed by atoms with van der Waals surface area (Å²) in [6.45, 7) is 2.29. The number of anilines is 2. The molecule has 1 aliphatic heterocycles. The summed E-state index contributed by atoms with van der Waals surface area (Å²) in [7, 11) is 0. The van der Waals surface area contributed by atoms with Crippen molar-refractivity contribution < 1.29 is 19.1 Å². The van der Waals surface area contributed by atoms with Crippen LogP contribution in [-0.2, 0) is 33.8 Å². The molecular weight excluding hydrogens is 430 g/mol. The van der Waals surface area contributed by atoms with Gasteiger partial charge in [-0.1, -0.05) is 60.7 Å². The van der Waals surface area contributed by atoms with E-state index in [0.717, 1.165) is 28.8 Å². The highest BCUT2D eigenvalue weighted by Crippen LogP contribution is 2.30. The molecule has 7 nitrogen and oxygen atoms in total. The Bertz CT molecular complexity index is 1170. The van der Waals surface area contributed by atoms with Crippen LogP contribution in [0.4, 0.5) is 16.2 Å². The van der Waals surface area contributed by atoms with Crippen LogP contribution in [0, 0.1) is 0 Å². The number of carbonyl (C=O) groups is 3. The Morgan fingerprint density at radius 3 is 2.29 bits per heavy atom. The maximum absolute atomic E-state index is 13.2. The lowest BCUT2D eigenvalue weighted by Gasteiger charge is -2.19. The van der Waals surface area contributed by atoms with Crippen molar-refractivity contribution in [1.29, 1.82) is 0 Å². The summed E-state index contributed by atoms with van der Waals surface area (Å²) in [6, 6.07) is 23.5. The van der Waals surface area contributed by atoms with Gasteiger partial charge in [-0.05, 0) is 41.3 Å². The second-order valence-electron chi connectivity index (χ2n) is 8.20. The van der Waals surface area contributed by atoms with Crippen LogP contribution in [0.3, 0.4) is 0 Å². The molecule has 0 fully saturated rings. The maximum atomic E-state index is 13.2. The molecule has 1 aliphatic rings. The smallest absolute Gasteiger partial charge is 0.408 e. The largest absolute Gasteiger partial charge is 0.445 e. The van der Waals surface area contributed by atoms with Crippen LogP contribution in [0.25, 0.3) is 0 Å². The molecule has 0 bridgehead atoms. The van der Waals surface area contributed by atoms with Gasteiger partial charge in [0.15, 0.2) is 0 Å². The second-order valence-corrected chi connectivity index (χ2v) is 8.20. The number of nitrogens with one attached hydrogen (secondary N) is 2. The monoisotopic (exact) mass is 457 g/mol. The molecular formula is C27H27N3O4. The Balaban J connectivity index is 1.44. The van der Waals surface area contributed by atoms with Crippen molar-refractivity contribution in [1.82, 2.24) is 5.32 Å². The average Bonchev–Trinajstić information content (AvgIpc) is 3.27. The molecule has 4 rings (SSSR count). The molecule has 0 saturated heterocycles. The number of alkyl carbamates (subject to hydrolysis) is 1. The fourth-order valence-electron chi connectivity index (χ4n) is 4.00. The van der Waals surface area contributed by atoms with Crippen molar-refractivity contribution in [2.24, 2.45) is 0 Å². The molecule has 0 spiro atoms. The van der Waals surface area contributed by atoms with E-state index in [1.807, 2.05) is 72.8 Å². The molecule has 1 heterocycles. The number of benzene rings is 3. The predicted octanol–water partition coefficient (Wildman–Crippen LogP) is 4.07. The molecule has 0 saturated carbocycles. The quantitative estimate of drug-likeness (QED) is 0.560. The summed E-state index contributed by atoms with van der Waals surface area (Å²) in [5.74, 6) is -0.349. The highest BCUT2D eigenvalue weighted by molar-refractivity contribution is 5.98. The zero-order valence-electron chi connectivity index (χ0n) is 19.0. The van der Waals surface area contributed by atoms with Gasteiger partial charge in [0.25, 0.3) is 0 Å². The first-order chi connectivity index (χ1) is 16.5. The third kappa shape index (κ3) is 5.81. The lowest BCUT2D eigenvalue weighted by molar-refractivity contribution is -0.118. The van der Waals surface area contributed by atoms with E-state index in [1.54, 1.807) is 17.9 Å². The lowest BCUT2D eigenvalue weighted by atomic mass is 10.0. The van der Waals surface area contributed by atoms with Crippen molar-refractivity contribution in [3.8, 4) is 0 Å². The van der Waals surface area contributed by atoms with E-state index in [4.69, 9.17) is 4.74 Å². The van der Waals surface area contributed by atoms with Crippen molar-refractivity contribution in [3.63, 3.8) is 0 Å². The zero-order chi connectivity index (χ0) is 23.9. The molecule has 0 radical (unpaired) electrons. The highest BCUT2D eigenvalue weighted by Gasteiger charge is 2.25. The summed E-state index contributed by atoms with van der Waals surface area (Å²) in [5.41, 5.74) is 4.26. The Kier molecular flexibility index (Phi) is 7.22. The summed E-state index contributed by atoms with van der Waals surface area (Å²) < 4.78 is 5.32. The van der Waals surface area contributed by atoms with Crippen LogP contribution >= 0.6 is 0 Å². The summed E-state index contributed by atoms with van der Waals surface area (Å²) in [6.07, 6.45) is 0.387. The minimum atomic E-state index is -0.826. The van der Waals surface area contributed by atoms with Crippen molar-refractivity contribution in [2.45, 2.75) is 32.4 Å². The van der Waals surface area contributed by atoms with E-state index in [2.05, 4.69) is 10.6 Å². The van der Waals surface area contributed by atoms with Gasteiger partial charge in [-0.25, -0.2) is 4.79 Å². The van der Waals surface area contributed by atoms with Gasteiger partial charge in [0.05, 0.1) is 0 Å². The van der Waals surface area contributed by atoms with Gasteiger partial charge >= 0.3 is 6.09 Å². The van der Waals surface area contributed by atoms with Gasteiger partial charge in [-0.15, -0.1) is 0 Å². The number of nitrogens with zero attached hydrogens (tertiary/aromatic N) is 1. The molecule has 7 heteroatoms. The van der Waals surface area contributed by atoms with Gasteiger partial charge < -0.3 is 20.3 Å². The van der Waals surface area contributed by atoms with Crippen LogP contribution in [0.2, 0.25) is 0 Å². The van der Waals surface area contributed by atoms with E-state index in [1.165, 1.54) is 0 Å². The first-order valence-corrected chi connectivity index (χ1v) is 11.2. The van der Waals surface area contributed by atoms with Gasteiger partial charge in [-0.3, -0.25) is 9.59 Å². The van der Waals surface area contributed by atoms with Gasteiger partial charge in [0.1, 0.15) is 12.6 Å². The maximum Gasteiger partial charge on any atom is 0.408 e. The SMILES string of the molecule is CC(=O)N1CCc2cc(NC(=O)C(Cc3ccccc3)NC(=O)OCc3ccccc3)ccc21. The Hall–Kier alpha value is -4.13. The minimum absolute atomic E-state index is 0.00308. The number of hydrogen-bond donors (Lipinski definition) is 2. The molecule has 174 valence electrons. The molecule has 0 aromatic heterocycles. The Labute approximate surface area is 198 Å². The fourth-order valence-corrected chi connectivity index (χ4v) is 4.00. The number of ether oxygens (including phenoxy) is 1. The number of fused-ring (bicyclic) bond motifs is 1. The predicted molar refractivity (Wildman–Crippen MR) is 130 cm³/mol. The third-order valence-corrected chi connectivity index (χ3v) is 5.73. The van der Waals surface area contributed by atoms with E-state index >= 15 is 0 Å². The second kappa shape index (κ2) is 10.7. The third-order valence-electron chi connectivity index (χ3n) is 5.73. The molecule has 3 aromatic carbocycles. The van der Waals surface area contributed by atoms with Crippen molar-refractivity contribution in [3.05, 3.63) is 95.6 Å². The summed E-state index contributed by atoms with van der Waals surface area (Å²) >= 11 is 0. The first kappa shape index (κ1) is 23.0. The van der Waals surface area contributed by atoms with E-state index in [9.17, 15) is 14.4 Å². The molecule has 1 atom stereocenters. The molecule has 3 aromatic rings. The average molecular weight is 458 g/mol. The summed E-state index contributed by atoms with van der Waals surface area (Å²) in [5, 5.41) is 5.61. The van der Waals surface area contributed by atoms with E-state index in [0.29, 0.717) is 18.7 Å². The van der Waals surface area contributed by atoms with Crippen LogP contribution in [0.1, 0.15) is 23.6 Å². The van der Waals surface area contributed by atoms with Gasteiger partial charge in [0, 0.05) is 31.3 Å². The summed E-state index contributed by atoms with van der Waals surface area (Å²) in [4.78, 5) is 39.1. The lowest BCUT2D eigenvalue weighted by Crippen LogP contribution is -2.45. The van der Waals surface area contributed by atoms with Gasteiger partial charge in [-0.2, -0.15) is 0 Å².